The van der Waals surface area contributed by atoms with Crippen LogP contribution in [0.15, 0.2) is 35.4 Å². The van der Waals surface area contributed by atoms with E-state index in [4.69, 9.17) is 15.6 Å². The molecule has 1 aliphatic carbocycles. The van der Waals surface area contributed by atoms with Crippen LogP contribution in [0, 0.1) is 0 Å². The van der Waals surface area contributed by atoms with E-state index in [2.05, 4.69) is 0 Å². The molecule has 0 saturated carbocycles. The minimum Gasteiger partial charge on any atom is -0.542 e. The average molecular weight is 328 g/mol. The molecule has 0 saturated heterocycles. The van der Waals surface area contributed by atoms with Crippen molar-refractivity contribution in [1.29, 1.82) is 0 Å². The Morgan fingerprint density at radius 3 is 1.96 bits per heavy atom. The lowest BCUT2D eigenvalue weighted by atomic mass is 9.83. The van der Waals surface area contributed by atoms with Crippen LogP contribution in [0.4, 0.5) is 13.2 Å². The van der Waals surface area contributed by atoms with E-state index in [1.165, 1.54) is 0 Å². The Balaban J connectivity index is 0.000000322. The van der Waals surface area contributed by atoms with Gasteiger partial charge in [-0.15, -0.1) is 0 Å². The number of Topliss-reactive ketones (excluding diaryl/α,β-unsaturated/α-hetero) is 2. The molecule has 0 heterocycles. The molecule has 0 unspecified atom stereocenters. The number of carboxylic acid groups (broad SMARTS) is 1. The van der Waals surface area contributed by atoms with Crippen LogP contribution >= 0.6 is 0 Å². The SMILES string of the molecule is CC1=C(CCN)C(=O)c2ccccc2C1=O.O=C([O-])C(F)(F)F. The molecule has 8 heteroatoms. The maximum Gasteiger partial charge on any atom is 0.430 e. The number of alkyl halides is 3. The van der Waals surface area contributed by atoms with Crippen LogP contribution in [0.25, 0.3) is 0 Å². The second-order valence-electron chi connectivity index (χ2n) is 4.63. The number of allylic oxidation sites excluding steroid dienone is 1. The molecular formula is C15H13F3NO4-. The van der Waals surface area contributed by atoms with E-state index in [9.17, 15) is 22.8 Å². The van der Waals surface area contributed by atoms with Gasteiger partial charge in [-0.3, -0.25) is 9.59 Å². The van der Waals surface area contributed by atoms with E-state index < -0.39 is 12.1 Å². The van der Waals surface area contributed by atoms with E-state index >= 15 is 0 Å². The van der Waals surface area contributed by atoms with Gasteiger partial charge in [0.2, 0.25) is 0 Å². The van der Waals surface area contributed by atoms with Crippen LogP contribution in [0.2, 0.25) is 0 Å². The van der Waals surface area contributed by atoms with E-state index in [-0.39, 0.29) is 11.6 Å². The van der Waals surface area contributed by atoms with Crippen molar-refractivity contribution in [3.63, 3.8) is 0 Å². The predicted molar refractivity (Wildman–Crippen MR) is 72.5 cm³/mol. The Hall–Kier alpha value is -2.48. The second-order valence-corrected chi connectivity index (χ2v) is 4.63. The fraction of sp³-hybridized carbons (Fsp3) is 0.267. The smallest absolute Gasteiger partial charge is 0.430 e. The summed E-state index contributed by atoms with van der Waals surface area (Å²) < 4.78 is 31.5. The minimum absolute atomic E-state index is 0.0568. The molecule has 1 aliphatic rings. The fourth-order valence-corrected chi connectivity index (χ4v) is 2.00. The Labute approximate surface area is 129 Å². The molecule has 0 aromatic heterocycles. The lowest BCUT2D eigenvalue weighted by Gasteiger charge is -2.18. The van der Waals surface area contributed by atoms with Gasteiger partial charge in [0, 0.05) is 22.3 Å². The molecule has 0 aliphatic heterocycles. The molecule has 0 bridgehead atoms. The third-order valence-electron chi connectivity index (χ3n) is 3.11. The summed E-state index contributed by atoms with van der Waals surface area (Å²) in [5.41, 5.74) is 7.56. The molecule has 0 fully saturated rings. The molecule has 23 heavy (non-hydrogen) atoms. The molecule has 2 N–H and O–H groups in total. The highest BCUT2D eigenvalue weighted by atomic mass is 19.4. The van der Waals surface area contributed by atoms with Gasteiger partial charge in [-0.1, -0.05) is 24.3 Å². The van der Waals surface area contributed by atoms with E-state index in [1.54, 1.807) is 31.2 Å². The van der Waals surface area contributed by atoms with Crippen molar-refractivity contribution in [2.75, 3.05) is 6.54 Å². The minimum atomic E-state index is -5.19. The summed E-state index contributed by atoms with van der Waals surface area (Å²) in [7, 11) is 0. The number of halogens is 3. The van der Waals surface area contributed by atoms with Gasteiger partial charge in [-0.05, 0) is 19.9 Å². The number of hydrogen-bond donors (Lipinski definition) is 1. The number of nitrogens with two attached hydrogens (primary N) is 1. The number of ketones is 2. The molecule has 1 aromatic rings. The van der Waals surface area contributed by atoms with Crippen molar-refractivity contribution in [3.8, 4) is 0 Å². The third kappa shape index (κ3) is 4.26. The molecule has 124 valence electrons. The van der Waals surface area contributed by atoms with E-state index in [0.717, 1.165) is 0 Å². The van der Waals surface area contributed by atoms with Crippen LogP contribution in [0.3, 0.4) is 0 Å². The Kier molecular flexibility index (Phi) is 5.80. The Bertz CT molecular complexity index is 678. The first-order valence-electron chi connectivity index (χ1n) is 6.47. The summed E-state index contributed by atoms with van der Waals surface area (Å²) in [6.45, 7) is 2.08. The first-order valence-corrected chi connectivity index (χ1v) is 6.47. The number of aliphatic carboxylic acids is 1. The topological polar surface area (TPSA) is 100 Å². The normalized spacial score (nSPS) is 14.1. The van der Waals surface area contributed by atoms with Gasteiger partial charge in [0.15, 0.2) is 11.6 Å². The van der Waals surface area contributed by atoms with Gasteiger partial charge >= 0.3 is 6.18 Å². The zero-order chi connectivity index (χ0) is 17.8. The van der Waals surface area contributed by atoms with Crippen LogP contribution in [0.5, 0.6) is 0 Å². The molecular weight excluding hydrogens is 315 g/mol. The van der Waals surface area contributed by atoms with Crippen LogP contribution < -0.4 is 10.8 Å². The fourth-order valence-electron chi connectivity index (χ4n) is 2.00. The van der Waals surface area contributed by atoms with Crippen molar-refractivity contribution in [2.24, 2.45) is 5.73 Å². The number of carboxylic acids is 1. The summed E-state index contributed by atoms with van der Waals surface area (Å²) >= 11 is 0. The number of hydrogen-bond acceptors (Lipinski definition) is 5. The van der Waals surface area contributed by atoms with E-state index in [0.29, 0.717) is 35.2 Å². The number of benzene rings is 1. The van der Waals surface area contributed by atoms with Crippen LogP contribution in [-0.4, -0.2) is 30.3 Å². The van der Waals surface area contributed by atoms with Crippen molar-refractivity contribution < 1.29 is 32.7 Å². The maximum absolute atomic E-state index is 12.1. The molecule has 5 nitrogen and oxygen atoms in total. The van der Waals surface area contributed by atoms with E-state index in [1.807, 2.05) is 0 Å². The first kappa shape index (κ1) is 18.6. The molecule has 0 spiro atoms. The number of carbonyl (C=O) groups excluding carboxylic acids is 3. The predicted octanol–water partition coefficient (Wildman–Crippen LogP) is 1.03. The largest absolute Gasteiger partial charge is 0.542 e. The van der Waals surface area contributed by atoms with Gasteiger partial charge in [-0.25, -0.2) is 0 Å². The zero-order valence-corrected chi connectivity index (χ0v) is 12.1. The summed E-state index contributed by atoms with van der Waals surface area (Å²) in [5.74, 6) is -3.12. The number of rotatable bonds is 2. The Morgan fingerprint density at radius 2 is 1.57 bits per heavy atom. The molecule has 0 radical (unpaired) electrons. The summed E-state index contributed by atoms with van der Waals surface area (Å²) in [4.78, 5) is 32.9. The highest BCUT2D eigenvalue weighted by Crippen LogP contribution is 2.27. The zero-order valence-electron chi connectivity index (χ0n) is 12.1. The van der Waals surface area contributed by atoms with Crippen molar-refractivity contribution in [3.05, 3.63) is 46.5 Å². The van der Waals surface area contributed by atoms with Gasteiger partial charge in [0.05, 0.1) is 0 Å². The van der Waals surface area contributed by atoms with Crippen LogP contribution in [0.1, 0.15) is 34.1 Å². The number of carbonyl (C=O) groups is 3. The lowest BCUT2D eigenvalue weighted by Crippen LogP contribution is -2.37. The number of fused-ring (bicyclic) bond motifs is 1. The first-order chi connectivity index (χ1) is 10.6. The van der Waals surface area contributed by atoms with Crippen molar-refractivity contribution in [2.45, 2.75) is 19.5 Å². The highest BCUT2D eigenvalue weighted by molar-refractivity contribution is 6.26. The maximum atomic E-state index is 12.1. The highest BCUT2D eigenvalue weighted by Gasteiger charge is 2.29. The van der Waals surface area contributed by atoms with Gasteiger partial charge in [0.25, 0.3) is 0 Å². The van der Waals surface area contributed by atoms with Gasteiger partial charge < -0.3 is 15.6 Å². The Morgan fingerprint density at radius 1 is 1.13 bits per heavy atom. The lowest BCUT2D eigenvalue weighted by molar-refractivity contribution is -0.344. The summed E-state index contributed by atoms with van der Waals surface area (Å²) in [5, 5.41) is 8.78. The van der Waals surface area contributed by atoms with Crippen LogP contribution in [-0.2, 0) is 4.79 Å². The van der Waals surface area contributed by atoms with Crippen molar-refractivity contribution in [1.82, 2.24) is 0 Å². The third-order valence-corrected chi connectivity index (χ3v) is 3.11. The monoisotopic (exact) mass is 328 g/mol. The summed E-state index contributed by atoms with van der Waals surface area (Å²) in [6.07, 6.45) is -4.73. The average Bonchev–Trinajstić information content (AvgIpc) is 2.49. The molecule has 2 rings (SSSR count). The summed E-state index contributed by atoms with van der Waals surface area (Å²) in [6, 6.07) is 6.92. The van der Waals surface area contributed by atoms with Gasteiger partial charge in [-0.2, -0.15) is 13.2 Å². The second kappa shape index (κ2) is 7.19. The molecule has 0 atom stereocenters. The van der Waals surface area contributed by atoms with Gasteiger partial charge in [0.1, 0.15) is 5.97 Å². The standard InChI is InChI=1S/C13H13NO2.C2HF3O2/c1-8-9(6-7-14)13(16)11-5-3-2-4-10(11)12(8)15;3-2(4,5)1(6)7/h2-5H,6-7,14H2,1H3;(H,6,7)/p-1. The molecule has 0 amide bonds. The van der Waals surface area contributed by atoms with Crippen molar-refractivity contribution >= 4 is 17.5 Å². The quantitative estimate of drug-likeness (QED) is 0.874. The molecule has 1 aromatic carbocycles.